The van der Waals surface area contributed by atoms with Crippen LogP contribution in [0.2, 0.25) is 0 Å². The fraction of sp³-hybridized carbons (Fsp3) is 0.389. The summed E-state index contributed by atoms with van der Waals surface area (Å²) >= 11 is 0. The molecule has 0 saturated heterocycles. The zero-order chi connectivity index (χ0) is 32.8. The molecule has 0 radical (unpaired) electrons. The minimum absolute atomic E-state index is 0.168. The van der Waals surface area contributed by atoms with Gasteiger partial charge in [-0.15, -0.1) is 0 Å². The van der Waals surface area contributed by atoms with Crippen molar-refractivity contribution in [3.8, 4) is 5.75 Å². The number of carbonyl (C=O) groups is 4. The first-order chi connectivity index (χ1) is 21.4. The molecule has 3 rings (SSSR count). The second kappa shape index (κ2) is 17.0. The lowest BCUT2D eigenvalue weighted by Crippen LogP contribution is -2.54. The molecule has 0 aliphatic carbocycles. The van der Waals surface area contributed by atoms with Crippen molar-refractivity contribution >= 4 is 23.7 Å². The van der Waals surface area contributed by atoms with E-state index in [1.54, 1.807) is 57.2 Å². The van der Waals surface area contributed by atoms with Gasteiger partial charge in [0.15, 0.2) is 5.78 Å². The monoisotopic (exact) mass is 615 g/mol. The molecule has 0 spiro atoms. The molecule has 0 aliphatic rings. The Kier molecular flexibility index (Phi) is 13.1. The molecule has 0 aliphatic heterocycles. The quantitative estimate of drug-likeness (QED) is 0.204. The molecule has 0 fully saturated rings. The molecule has 0 heterocycles. The Morgan fingerprint density at radius 3 is 2.11 bits per heavy atom. The number of alkyl carbamates (subject to hydrolysis) is 1. The van der Waals surface area contributed by atoms with Crippen LogP contribution >= 0.6 is 0 Å². The molecule has 3 aromatic rings. The van der Waals surface area contributed by atoms with Crippen molar-refractivity contribution < 1.29 is 28.7 Å². The minimum Gasteiger partial charge on any atom is -0.486 e. The number of hydrogen-bond acceptors (Lipinski definition) is 6. The van der Waals surface area contributed by atoms with E-state index in [1.165, 1.54) is 0 Å². The van der Waals surface area contributed by atoms with Crippen molar-refractivity contribution in [3.63, 3.8) is 0 Å². The van der Waals surface area contributed by atoms with Gasteiger partial charge in [-0.2, -0.15) is 0 Å². The van der Waals surface area contributed by atoms with E-state index in [-0.39, 0.29) is 24.9 Å². The average Bonchev–Trinajstić information content (AvgIpc) is 3.03. The Labute approximate surface area is 266 Å². The number of ketones is 1. The summed E-state index contributed by atoms with van der Waals surface area (Å²) in [6, 6.07) is 23.9. The fourth-order valence-corrected chi connectivity index (χ4v) is 4.54. The highest BCUT2D eigenvalue weighted by Crippen LogP contribution is 2.14. The molecule has 1 unspecified atom stereocenters. The van der Waals surface area contributed by atoms with E-state index in [9.17, 15) is 19.2 Å². The number of para-hydroxylation sites is 1. The van der Waals surface area contributed by atoms with Crippen molar-refractivity contribution in [3.05, 3.63) is 102 Å². The van der Waals surface area contributed by atoms with Gasteiger partial charge >= 0.3 is 6.09 Å². The normalized spacial score (nSPS) is 13.1. The standard InChI is InChI=1S/C36H45N3O6/c1-6-25(2)32(39-33(41)28-17-13-16-27(22-28)23-37-35(43)45-36(3,4)5)34(42)38-30(21-20-26-14-9-7-10-15-26)31(40)24-44-29-18-11-8-12-19-29/h7-19,22,25,30,32H,6,20-21,23-24H2,1-5H3,(H,37,43)(H,38,42)(H,39,41)/t25?,30-,32-/m0/s1. The topological polar surface area (TPSA) is 123 Å². The Morgan fingerprint density at radius 1 is 0.822 bits per heavy atom. The Bertz CT molecular complexity index is 1410. The summed E-state index contributed by atoms with van der Waals surface area (Å²) < 4.78 is 11.0. The first-order valence-electron chi connectivity index (χ1n) is 15.4. The molecule has 3 amide bonds. The van der Waals surface area contributed by atoms with Gasteiger partial charge in [-0.1, -0.05) is 80.9 Å². The van der Waals surface area contributed by atoms with Gasteiger partial charge in [0.25, 0.3) is 5.91 Å². The highest BCUT2D eigenvalue weighted by molar-refractivity contribution is 5.99. The van der Waals surface area contributed by atoms with Gasteiger partial charge in [-0.25, -0.2) is 4.79 Å². The van der Waals surface area contributed by atoms with Crippen molar-refractivity contribution in [2.45, 2.75) is 78.1 Å². The second-order valence-corrected chi connectivity index (χ2v) is 12.0. The number of amides is 3. The molecule has 3 atom stereocenters. The van der Waals surface area contributed by atoms with Crippen molar-refractivity contribution in [1.29, 1.82) is 0 Å². The number of carbonyl (C=O) groups excluding carboxylic acids is 4. The number of rotatable bonds is 15. The number of nitrogens with one attached hydrogen (secondary N) is 3. The lowest BCUT2D eigenvalue weighted by atomic mass is 9.96. The van der Waals surface area contributed by atoms with Crippen LogP contribution in [0.4, 0.5) is 4.79 Å². The first-order valence-corrected chi connectivity index (χ1v) is 15.4. The van der Waals surface area contributed by atoms with Crippen LogP contribution in [0.3, 0.4) is 0 Å². The lowest BCUT2D eigenvalue weighted by Gasteiger charge is -2.26. The summed E-state index contributed by atoms with van der Waals surface area (Å²) in [5.41, 5.74) is 1.45. The maximum absolute atomic E-state index is 13.7. The number of benzene rings is 3. The Hall–Kier alpha value is -4.66. The molecule has 9 heteroatoms. The van der Waals surface area contributed by atoms with E-state index in [2.05, 4.69) is 16.0 Å². The molecule has 3 N–H and O–H groups in total. The summed E-state index contributed by atoms with van der Waals surface area (Å²) in [7, 11) is 0. The van der Waals surface area contributed by atoms with Gasteiger partial charge < -0.3 is 25.4 Å². The van der Waals surface area contributed by atoms with Crippen LogP contribution in [0, 0.1) is 5.92 Å². The molecular weight excluding hydrogens is 570 g/mol. The summed E-state index contributed by atoms with van der Waals surface area (Å²) in [4.78, 5) is 52.4. The van der Waals surface area contributed by atoms with Gasteiger partial charge in [0.1, 0.15) is 24.0 Å². The van der Waals surface area contributed by atoms with Crippen LogP contribution < -0.4 is 20.7 Å². The number of ether oxygens (including phenoxy) is 2. The lowest BCUT2D eigenvalue weighted by molar-refractivity contribution is -0.130. The second-order valence-electron chi connectivity index (χ2n) is 12.0. The van der Waals surface area contributed by atoms with Crippen LogP contribution in [0.1, 0.15) is 68.9 Å². The van der Waals surface area contributed by atoms with Crippen LogP contribution in [-0.4, -0.2) is 48.0 Å². The van der Waals surface area contributed by atoms with E-state index in [1.807, 2.05) is 62.4 Å². The molecule has 9 nitrogen and oxygen atoms in total. The number of hydrogen-bond donors (Lipinski definition) is 3. The molecular formula is C36H45N3O6. The molecule has 3 aromatic carbocycles. The van der Waals surface area contributed by atoms with Crippen LogP contribution in [-0.2, 0) is 27.3 Å². The molecule has 0 bridgehead atoms. The summed E-state index contributed by atoms with van der Waals surface area (Å²) in [5.74, 6) is -0.785. The van der Waals surface area contributed by atoms with Crippen LogP contribution in [0.25, 0.3) is 0 Å². The third-order valence-corrected chi connectivity index (χ3v) is 7.20. The van der Waals surface area contributed by atoms with Gasteiger partial charge in [-0.05, 0) is 74.9 Å². The zero-order valence-corrected chi connectivity index (χ0v) is 26.8. The van der Waals surface area contributed by atoms with Gasteiger partial charge in [-0.3, -0.25) is 14.4 Å². The summed E-state index contributed by atoms with van der Waals surface area (Å²) in [6.07, 6.45) is 1.02. The highest BCUT2D eigenvalue weighted by Gasteiger charge is 2.30. The van der Waals surface area contributed by atoms with Crippen molar-refractivity contribution in [1.82, 2.24) is 16.0 Å². The first kappa shape index (κ1) is 34.8. The van der Waals surface area contributed by atoms with Gasteiger partial charge in [0.05, 0.1) is 6.04 Å². The third kappa shape index (κ3) is 12.1. The van der Waals surface area contributed by atoms with Crippen molar-refractivity contribution in [2.75, 3.05) is 6.61 Å². The maximum atomic E-state index is 13.7. The molecule has 0 saturated carbocycles. The summed E-state index contributed by atoms with van der Waals surface area (Å²) in [5, 5.41) is 8.48. The van der Waals surface area contributed by atoms with Gasteiger partial charge in [0.2, 0.25) is 5.91 Å². The highest BCUT2D eigenvalue weighted by atomic mass is 16.6. The van der Waals surface area contributed by atoms with Crippen LogP contribution in [0.5, 0.6) is 5.75 Å². The average molecular weight is 616 g/mol. The van der Waals surface area contributed by atoms with E-state index >= 15 is 0 Å². The van der Waals surface area contributed by atoms with E-state index in [0.29, 0.717) is 36.1 Å². The van der Waals surface area contributed by atoms with E-state index in [4.69, 9.17) is 9.47 Å². The predicted octanol–water partition coefficient (Wildman–Crippen LogP) is 5.62. The molecule has 0 aromatic heterocycles. The van der Waals surface area contributed by atoms with Crippen LogP contribution in [0.15, 0.2) is 84.9 Å². The Morgan fingerprint density at radius 2 is 1.47 bits per heavy atom. The van der Waals surface area contributed by atoms with E-state index in [0.717, 1.165) is 5.56 Å². The SMILES string of the molecule is CCC(C)[C@H](NC(=O)c1cccc(CNC(=O)OC(C)(C)C)c1)C(=O)N[C@@H](CCc1ccccc1)C(=O)COc1ccccc1. The zero-order valence-electron chi connectivity index (χ0n) is 26.8. The van der Waals surface area contributed by atoms with Gasteiger partial charge in [0, 0.05) is 12.1 Å². The predicted molar refractivity (Wildman–Crippen MR) is 174 cm³/mol. The Balaban J connectivity index is 1.70. The maximum Gasteiger partial charge on any atom is 0.407 e. The van der Waals surface area contributed by atoms with Crippen molar-refractivity contribution in [2.24, 2.45) is 5.92 Å². The fourth-order valence-electron chi connectivity index (χ4n) is 4.54. The third-order valence-electron chi connectivity index (χ3n) is 7.20. The molecule has 240 valence electrons. The largest absolute Gasteiger partial charge is 0.486 e. The smallest absolute Gasteiger partial charge is 0.407 e. The number of aryl methyl sites for hydroxylation is 1. The minimum atomic E-state index is -0.881. The molecule has 45 heavy (non-hydrogen) atoms. The van der Waals surface area contributed by atoms with E-state index < -0.39 is 35.6 Å². The number of Topliss-reactive ketones (excluding diaryl/α,β-unsaturated/α-hetero) is 1. The summed E-state index contributed by atoms with van der Waals surface area (Å²) in [6.45, 7) is 9.12.